The molecule has 20 heavy (non-hydrogen) atoms. The summed E-state index contributed by atoms with van der Waals surface area (Å²) in [5, 5.41) is 10.0. The maximum absolute atomic E-state index is 11.7. The van der Waals surface area contributed by atoms with E-state index in [2.05, 4.69) is 20.9 Å². The van der Waals surface area contributed by atoms with Crippen LogP contribution in [0.3, 0.4) is 0 Å². The zero-order chi connectivity index (χ0) is 14.3. The highest BCUT2D eigenvalue weighted by Gasteiger charge is 2.16. The van der Waals surface area contributed by atoms with E-state index < -0.39 is 0 Å². The number of fused-ring (bicyclic) bond motifs is 1. The standard InChI is InChI=1S/C14H11BrN2O2S/c1-2-17-13(18)12(20-14(17)19)5-8-7-16-11-4-3-9(15)6-10(8)11/h3-7,18H,2H2,1H3. The second-order valence-electron chi connectivity index (χ2n) is 4.32. The van der Waals surface area contributed by atoms with Gasteiger partial charge in [-0.1, -0.05) is 27.3 Å². The molecule has 0 radical (unpaired) electrons. The SMILES string of the molecule is CCn1c(O)c(C=C2C=Nc3ccc(Br)cc32)sc1=O. The van der Waals surface area contributed by atoms with Crippen LogP contribution in [0.1, 0.15) is 17.4 Å². The average molecular weight is 351 g/mol. The minimum Gasteiger partial charge on any atom is -0.493 e. The lowest BCUT2D eigenvalue weighted by Crippen LogP contribution is -2.09. The van der Waals surface area contributed by atoms with E-state index in [4.69, 9.17) is 0 Å². The van der Waals surface area contributed by atoms with Crippen molar-refractivity contribution in [1.29, 1.82) is 0 Å². The number of aromatic hydroxyl groups is 1. The van der Waals surface area contributed by atoms with Gasteiger partial charge in [0.2, 0.25) is 5.88 Å². The lowest BCUT2D eigenvalue weighted by Gasteiger charge is -2.01. The number of nitrogens with zero attached hydrogens (tertiary/aromatic N) is 2. The largest absolute Gasteiger partial charge is 0.493 e. The second kappa shape index (κ2) is 5.03. The topological polar surface area (TPSA) is 54.6 Å². The van der Waals surface area contributed by atoms with Crippen LogP contribution in [0.25, 0.3) is 11.6 Å². The summed E-state index contributed by atoms with van der Waals surface area (Å²) in [5.74, 6) is 0.0202. The summed E-state index contributed by atoms with van der Waals surface area (Å²) in [6, 6.07) is 5.84. The van der Waals surface area contributed by atoms with Crippen molar-refractivity contribution in [3.63, 3.8) is 0 Å². The van der Waals surface area contributed by atoms with Crippen molar-refractivity contribution < 1.29 is 5.11 Å². The Morgan fingerprint density at radius 3 is 3.00 bits per heavy atom. The fraction of sp³-hybridized carbons (Fsp3) is 0.143. The summed E-state index contributed by atoms with van der Waals surface area (Å²) in [5.41, 5.74) is 2.77. The predicted molar refractivity (Wildman–Crippen MR) is 86.1 cm³/mol. The molecule has 1 N–H and O–H groups in total. The van der Waals surface area contributed by atoms with Gasteiger partial charge in [0.05, 0.1) is 10.6 Å². The Hall–Kier alpha value is -1.66. The maximum atomic E-state index is 11.7. The Labute approximate surface area is 127 Å². The number of benzene rings is 1. The molecule has 3 rings (SSSR count). The fourth-order valence-electron chi connectivity index (χ4n) is 2.10. The molecule has 0 unspecified atom stereocenters. The minimum absolute atomic E-state index is 0.0202. The monoisotopic (exact) mass is 350 g/mol. The molecule has 0 aliphatic carbocycles. The highest BCUT2D eigenvalue weighted by atomic mass is 79.9. The van der Waals surface area contributed by atoms with Gasteiger partial charge in [-0.15, -0.1) is 0 Å². The lowest BCUT2D eigenvalue weighted by atomic mass is 10.1. The summed E-state index contributed by atoms with van der Waals surface area (Å²) in [4.78, 5) is 16.4. The highest BCUT2D eigenvalue weighted by Crippen LogP contribution is 2.36. The molecule has 1 aromatic carbocycles. The molecule has 4 nitrogen and oxygen atoms in total. The van der Waals surface area contributed by atoms with E-state index in [1.165, 1.54) is 4.57 Å². The zero-order valence-corrected chi connectivity index (χ0v) is 13.0. The molecule has 102 valence electrons. The molecular formula is C14H11BrN2O2S. The van der Waals surface area contributed by atoms with Gasteiger partial charge in [-0.2, -0.15) is 0 Å². The quantitative estimate of drug-likeness (QED) is 0.898. The van der Waals surface area contributed by atoms with Crippen LogP contribution in [0.15, 0.2) is 32.5 Å². The number of hydrogen-bond acceptors (Lipinski definition) is 4. The van der Waals surface area contributed by atoms with Gasteiger partial charge in [-0.3, -0.25) is 14.4 Å². The number of allylic oxidation sites excluding steroid dienone is 1. The van der Waals surface area contributed by atoms with Gasteiger partial charge in [-0.05, 0) is 31.2 Å². The molecule has 6 heteroatoms. The zero-order valence-electron chi connectivity index (χ0n) is 10.6. The Balaban J connectivity index is 2.11. The van der Waals surface area contributed by atoms with Crippen LogP contribution < -0.4 is 4.87 Å². The van der Waals surface area contributed by atoms with Crippen LogP contribution in [0.2, 0.25) is 0 Å². The summed E-state index contributed by atoms with van der Waals surface area (Å²) >= 11 is 4.47. The van der Waals surface area contributed by atoms with E-state index >= 15 is 0 Å². The smallest absolute Gasteiger partial charge is 0.310 e. The van der Waals surface area contributed by atoms with Gasteiger partial charge in [0, 0.05) is 28.4 Å². The van der Waals surface area contributed by atoms with Crippen molar-refractivity contribution in [2.75, 3.05) is 0 Å². The van der Waals surface area contributed by atoms with Crippen LogP contribution >= 0.6 is 27.3 Å². The summed E-state index contributed by atoms with van der Waals surface area (Å²) in [6.07, 6.45) is 3.55. The van der Waals surface area contributed by atoms with E-state index in [1.54, 1.807) is 12.3 Å². The van der Waals surface area contributed by atoms with Gasteiger partial charge < -0.3 is 5.11 Å². The first-order valence-electron chi connectivity index (χ1n) is 6.08. The molecule has 2 aromatic rings. The first-order chi connectivity index (χ1) is 9.60. The van der Waals surface area contributed by atoms with Gasteiger partial charge in [0.1, 0.15) is 0 Å². The Kier molecular flexibility index (Phi) is 3.35. The van der Waals surface area contributed by atoms with Crippen molar-refractivity contribution in [2.24, 2.45) is 4.99 Å². The summed E-state index contributed by atoms with van der Waals surface area (Å²) < 4.78 is 2.32. The van der Waals surface area contributed by atoms with Gasteiger partial charge in [0.15, 0.2) is 0 Å². The average Bonchev–Trinajstić information content (AvgIpc) is 2.92. The summed E-state index contributed by atoms with van der Waals surface area (Å²) in [6.45, 7) is 2.29. The molecule has 1 aliphatic rings. The van der Waals surface area contributed by atoms with Crippen molar-refractivity contribution in [1.82, 2.24) is 4.57 Å². The van der Waals surface area contributed by atoms with E-state index in [-0.39, 0.29) is 10.8 Å². The molecule has 0 amide bonds. The number of aliphatic imine (C=N–C) groups is 1. The van der Waals surface area contributed by atoms with Crippen molar-refractivity contribution in [3.05, 3.63) is 42.8 Å². The Morgan fingerprint density at radius 2 is 2.30 bits per heavy atom. The number of aromatic nitrogens is 1. The maximum Gasteiger partial charge on any atom is 0.310 e. The predicted octanol–water partition coefficient (Wildman–Crippen LogP) is 3.65. The van der Waals surface area contributed by atoms with E-state index in [9.17, 15) is 9.90 Å². The second-order valence-corrected chi connectivity index (χ2v) is 6.23. The molecular weight excluding hydrogens is 340 g/mol. The Morgan fingerprint density at radius 1 is 1.50 bits per heavy atom. The van der Waals surface area contributed by atoms with Gasteiger partial charge in [0.25, 0.3) is 0 Å². The van der Waals surface area contributed by atoms with Crippen LogP contribution in [0.4, 0.5) is 5.69 Å². The first kappa shape index (κ1) is 13.3. The van der Waals surface area contributed by atoms with Crippen molar-refractivity contribution in [3.8, 4) is 5.88 Å². The molecule has 1 aromatic heterocycles. The molecule has 0 atom stereocenters. The number of thiazole rings is 1. The van der Waals surface area contributed by atoms with Crippen LogP contribution in [-0.2, 0) is 6.54 Å². The lowest BCUT2D eigenvalue weighted by molar-refractivity contribution is 0.417. The highest BCUT2D eigenvalue weighted by molar-refractivity contribution is 9.10. The van der Waals surface area contributed by atoms with Crippen LogP contribution in [0.5, 0.6) is 5.88 Å². The van der Waals surface area contributed by atoms with Crippen LogP contribution in [0, 0.1) is 0 Å². The van der Waals surface area contributed by atoms with Crippen LogP contribution in [-0.4, -0.2) is 15.9 Å². The third-order valence-electron chi connectivity index (χ3n) is 3.11. The normalized spacial score (nSPS) is 15.0. The fourth-order valence-corrected chi connectivity index (χ4v) is 3.37. The molecule has 0 bridgehead atoms. The molecule has 0 saturated heterocycles. The van der Waals surface area contributed by atoms with E-state index in [0.717, 1.165) is 32.6 Å². The number of hydrogen-bond donors (Lipinski definition) is 1. The molecule has 0 spiro atoms. The van der Waals surface area contributed by atoms with Crippen molar-refractivity contribution >= 4 is 50.8 Å². The third kappa shape index (κ3) is 2.14. The van der Waals surface area contributed by atoms with E-state index in [1.807, 2.05) is 25.1 Å². The molecule has 0 saturated carbocycles. The number of halogens is 1. The minimum atomic E-state index is -0.152. The van der Waals surface area contributed by atoms with Gasteiger partial charge >= 0.3 is 4.87 Å². The van der Waals surface area contributed by atoms with Crippen molar-refractivity contribution in [2.45, 2.75) is 13.5 Å². The molecule has 1 aliphatic heterocycles. The van der Waals surface area contributed by atoms with E-state index in [0.29, 0.717) is 11.4 Å². The molecule has 2 heterocycles. The van der Waals surface area contributed by atoms with Gasteiger partial charge in [-0.25, -0.2) is 0 Å². The number of rotatable bonds is 2. The third-order valence-corrected chi connectivity index (χ3v) is 4.52. The Bertz CT molecular complexity index is 802. The molecule has 0 fully saturated rings. The first-order valence-corrected chi connectivity index (χ1v) is 7.69. The summed E-state index contributed by atoms with van der Waals surface area (Å²) in [7, 11) is 0.